The number of nitrogens with one attached hydrogen (secondary N) is 2. The van der Waals surface area contributed by atoms with Gasteiger partial charge in [0, 0.05) is 12.8 Å². The third-order valence-electron chi connectivity index (χ3n) is 4.77. The Morgan fingerprint density at radius 2 is 1.56 bits per heavy atom. The van der Waals surface area contributed by atoms with Gasteiger partial charge in [-0.25, -0.2) is 4.39 Å². The molecule has 32 heavy (non-hydrogen) atoms. The van der Waals surface area contributed by atoms with E-state index in [1.54, 1.807) is 12.1 Å². The number of hydrogen-bond donors (Lipinski definition) is 2. The fraction of sp³-hybridized carbons (Fsp3) is 0.200. The summed E-state index contributed by atoms with van der Waals surface area (Å²) in [6.07, 6.45) is 1.10. The van der Waals surface area contributed by atoms with Gasteiger partial charge < -0.3 is 9.47 Å². The van der Waals surface area contributed by atoms with Gasteiger partial charge in [0.2, 0.25) is 5.91 Å². The van der Waals surface area contributed by atoms with Gasteiger partial charge in [-0.1, -0.05) is 54.6 Å². The third-order valence-corrected chi connectivity index (χ3v) is 4.77. The first-order valence-electron chi connectivity index (χ1n) is 10.2. The molecule has 0 bridgehead atoms. The Bertz CT molecular complexity index is 1060. The van der Waals surface area contributed by atoms with Crippen molar-refractivity contribution in [1.82, 2.24) is 10.9 Å². The molecule has 2 N–H and O–H groups in total. The maximum Gasteiger partial charge on any atom is 0.276 e. The van der Waals surface area contributed by atoms with Gasteiger partial charge in [-0.05, 0) is 41.3 Å². The van der Waals surface area contributed by atoms with E-state index in [2.05, 4.69) is 10.9 Å². The molecule has 3 aromatic carbocycles. The van der Waals surface area contributed by atoms with Crippen LogP contribution in [-0.2, 0) is 22.4 Å². The van der Waals surface area contributed by atoms with Crippen LogP contribution in [0, 0.1) is 5.82 Å². The second kappa shape index (κ2) is 11.5. The average molecular weight is 436 g/mol. The van der Waals surface area contributed by atoms with Crippen LogP contribution in [0.1, 0.15) is 23.1 Å². The number of aryl methyl sites for hydroxylation is 1. The van der Waals surface area contributed by atoms with Crippen molar-refractivity contribution < 1.29 is 23.5 Å². The number of methoxy groups -OCH3 is 1. The first kappa shape index (κ1) is 22.8. The summed E-state index contributed by atoms with van der Waals surface area (Å²) in [6.45, 7) is -0.240. The number of hydrogen-bond acceptors (Lipinski definition) is 4. The third kappa shape index (κ3) is 6.84. The van der Waals surface area contributed by atoms with Crippen molar-refractivity contribution in [3.05, 3.63) is 95.3 Å². The first-order chi connectivity index (χ1) is 15.5. The molecule has 3 aromatic rings. The molecule has 0 radical (unpaired) electrons. The minimum absolute atomic E-state index is 0.0901. The van der Waals surface area contributed by atoms with Gasteiger partial charge in [0.15, 0.2) is 18.2 Å². The number of rotatable bonds is 9. The van der Waals surface area contributed by atoms with Crippen LogP contribution in [0.25, 0.3) is 0 Å². The van der Waals surface area contributed by atoms with Crippen molar-refractivity contribution in [2.24, 2.45) is 0 Å². The van der Waals surface area contributed by atoms with Gasteiger partial charge in [-0.15, -0.1) is 0 Å². The normalized spacial score (nSPS) is 10.3. The van der Waals surface area contributed by atoms with E-state index in [1.807, 2.05) is 48.5 Å². The Labute approximate surface area is 186 Å². The summed E-state index contributed by atoms with van der Waals surface area (Å²) < 4.78 is 24.2. The van der Waals surface area contributed by atoms with Gasteiger partial charge >= 0.3 is 0 Å². The van der Waals surface area contributed by atoms with Crippen molar-refractivity contribution in [1.29, 1.82) is 0 Å². The van der Waals surface area contributed by atoms with Crippen molar-refractivity contribution in [3.63, 3.8) is 0 Å². The number of carbonyl (C=O) groups is 2. The number of para-hydroxylation sites is 1. The molecule has 0 saturated carbocycles. The van der Waals surface area contributed by atoms with Crippen LogP contribution in [0.4, 0.5) is 4.39 Å². The number of halogens is 1. The molecule has 0 heterocycles. The summed E-state index contributed by atoms with van der Waals surface area (Å²) in [5.74, 6) is -0.596. The number of hydrazine groups is 1. The first-order valence-corrected chi connectivity index (χ1v) is 10.2. The highest BCUT2D eigenvalue weighted by atomic mass is 19.1. The largest absolute Gasteiger partial charge is 0.494 e. The number of carbonyl (C=O) groups excluding carboxylic acids is 2. The fourth-order valence-electron chi connectivity index (χ4n) is 3.11. The van der Waals surface area contributed by atoms with E-state index in [9.17, 15) is 14.0 Å². The molecule has 6 nitrogen and oxygen atoms in total. The molecule has 0 aliphatic heterocycles. The summed E-state index contributed by atoms with van der Waals surface area (Å²) in [5, 5.41) is 0. The van der Waals surface area contributed by atoms with Crippen molar-refractivity contribution in [2.75, 3.05) is 13.7 Å². The van der Waals surface area contributed by atoms with E-state index in [4.69, 9.17) is 9.47 Å². The molecular weight excluding hydrogens is 411 g/mol. The minimum Gasteiger partial charge on any atom is -0.494 e. The topological polar surface area (TPSA) is 76.7 Å². The predicted molar refractivity (Wildman–Crippen MR) is 119 cm³/mol. The summed E-state index contributed by atoms with van der Waals surface area (Å²) in [4.78, 5) is 24.0. The molecule has 166 valence electrons. The highest BCUT2D eigenvalue weighted by Crippen LogP contribution is 2.21. The summed E-state index contributed by atoms with van der Waals surface area (Å²) in [5.41, 5.74) is 7.43. The van der Waals surface area contributed by atoms with Crippen LogP contribution in [0.15, 0.2) is 72.8 Å². The molecule has 0 aliphatic carbocycles. The van der Waals surface area contributed by atoms with E-state index >= 15 is 0 Å². The zero-order valence-corrected chi connectivity index (χ0v) is 17.8. The molecule has 0 aromatic heterocycles. The van der Waals surface area contributed by atoms with E-state index in [0.29, 0.717) is 24.2 Å². The van der Waals surface area contributed by atoms with Gasteiger partial charge in [-0.3, -0.25) is 20.4 Å². The summed E-state index contributed by atoms with van der Waals surface area (Å²) >= 11 is 0. The minimum atomic E-state index is -0.483. The second-order valence-electron chi connectivity index (χ2n) is 7.12. The van der Waals surface area contributed by atoms with Crippen LogP contribution in [0.2, 0.25) is 0 Å². The quantitative estimate of drug-likeness (QED) is 0.503. The maximum absolute atomic E-state index is 13.7. The molecule has 0 saturated heterocycles. The Balaban J connectivity index is 1.42. The van der Waals surface area contributed by atoms with Crippen LogP contribution >= 0.6 is 0 Å². The fourth-order valence-corrected chi connectivity index (χ4v) is 3.11. The number of benzene rings is 3. The lowest BCUT2D eigenvalue weighted by Crippen LogP contribution is -2.43. The molecule has 0 aliphatic rings. The molecule has 0 spiro atoms. The average Bonchev–Trinajstić information content (AvgIpc) is 2.81. The summed E-state index contributed by atoms with van der Waals surface area (Å²) in [6, 6.07) is 22.0. The lowest BCUT2D eigenvalue weighted by atomic mass is 10.0. The van der Waals surface area contributed by atoms with Gasteiger partial charge in [0.1, 0.15) is 5.75 Å². The maximum atomic E-state index is 13.7. The van der Waals surface area contributed by atoms with Crippen LogP contribution < -0.4 is 20.3 Å². The smallest absolute Gasteiger partial charge is 0.276 e. The van der Waals surface area contributed by atoms with Gasteiger partial charge in [-0.2, -0.15) is 0 Å². The highest BCUT2D eigenvalue weighted by molar-refractivity contribution is 5.82. The Morgan fingerprint density at radius 3 is 2.31 bits per heavy atom. The van der Waals surface area contributed by atoms with Crippen molar-refractivity contribution in [2.45, 2.75) is 19.3 Å². The number of amides is 2. The number of ether oxygens (including phenoxy) is 2. The standard InChI is InChI=1S/C25H25FN2O4/c1-31-23-13-11-19(16-21(23)26)12-14-24(29)27-28-25(30)17-32-22-10-6-5-9-20(22)15-18-7-3-2-4-8-18/h2-11,13,16H,12,14-15,17H2,1H3,(H,27,29)(H,28,30). The SMILES string of the molecule is COc1ccc(CCC(=O)NNC(=O)COc2ccccc2Cc2ccccc2)cc1F. The molecule has 0 atom stereocenters. The summed E-state index contributed by atoms with van der Waals surface area (Å²) in [7, 11) is 1.39. The Hall–Kier alpha value is -3.87. The lowest BCUT2D eigenvalue weighted by molar-refractivity contribution is -0.130. The Kier molecular flexibility index (Phi) is 8.20. The molecule has 3 rings (SSSR count). The molecule has 7 heteroatoms. The van der Waals surface area contributed by atoms with Crippen molar-refractivity contribution >= 4 is 11.8 Å². The van der Waals surface area contributed by atoms with Gasteiger partial charge in [0.05, 0.1) is 7.11 Å². The van der Waals surface area contributed by atoms with E-state index in [-0.39, 0.29) is 24.7 Å². The van der Waals surface area contributed by atoms with Gasteiger partial charge in [0.25, 0.3) is 5.91 Å². The van der Waals surface area contributed by atoms with Crippen LogP contribution in [-0.4, -0.2) is 25.5 Å². The van der Waals surface area contributed by atoms with E-state index < -0.39 is 11.7 Å². The lowest BCUT2D eigenvalue weighted by Gasteiger charge is -2.12. The molecular formula is C25H25FN2O4. The van der Waals surface area contributed by atoms with E-state index in [0.717, 1.165) is 11.1 Å². The molecule has 2 amide bonds. The van der Waals surface area contributed by atoms with Crippen LogP contribution in [0.5, 0.6) is 11.5 Å². The Morgan fingerprint density at radius 1 is 0.844 bits per heavy atom. The predicted octanol–water partition coefficient (Wildman–Crippen LogP) is 3.58. The highest BCUT2D eigenvalue weighted by Gasteiger charge is 2.10. The molecule has 0 unspecified atom stereocenters. The van der Waals surface area contributed by atoms with E-state index in [1.165, 1.54) is 19.2 Å². The second-order valence-corrected chi connectivity index (χ2v) is 7.12. The zero-order chi connectivity index (χ0) is 22.8. The van der Waals surface area contributed by atoms with Crippen LogP contribution in [0.3, 0.4) is 0 Å². The van der Waals surface area contributed by atoms with Crippen molar-refractivity contribution in [3.8, 4) is 11.5 Å². The molecule has 0 fully saturated rings. The monoisotopic (exact) mass is 436 g/mol. The zero-order valence-electron chi connectivity index (χ0n) is 17.8.